The molecule has 2 atom stereocenters. The normalized spacial score (nSPS) is 15.1. The minimum absolute atomic E-state index is 0.124. The summed E-state index contributed by atoms with van der Waals surface area (Å²) in [5.41, 5.74) is -0.987. The van der Waals surface area contributed by atoms with E-state index in [-0.39, 0.29) is 6.42 Å². The second kappa shape index (κ2) is 6.78. The van der Waals surface area contributed by atoms with Crippen LogP contribution in [0.2, 0.25) is 0 Å². The SMILES string of the molecule is C[C@@H](O)[C@H](Cc1ccc(C(F)(F)F)cc1)N(C(=O)O)C(C)(C)C. The third-order valence-corrected chi connectivity index (χ3v) is 3.54. The van der Waals surface area contributed by atoms with E-state index in [0.29, 0.717) is 5.56 Å². The van der Waals surface area contributed by atoms with E-state index in [1.54, 1.807) is 20.8 Å². The number of nitrogens with zero attached hydrogens (tertiary/aromatic N) is 1. The van der Waals surface area contributed by atoms with E-state index in [4.69, 9.17) is 0 Å². The van der Waals surface area contributed by atoms with Gasteiger partial charge in [0, 0.05) is 5.54 Å². The molecule has 2 N–H and O–H groups in total. The van der Waals surface area contributed by atoms with Crippen LogP contribution < -0.4 is 0 Å². The van der Waals surface area contributed by atoms with Crippen molar-refractivity contribution in [1.82, 2.24) is 4.90 Å². The Hall–Kier alpha value is -1.76. The van der Waals surface area contributed by atoms with Gasteiger partial charge >= 0.3 is 12.3 Å². The standard InChI is InChI=1S/C16H22F3NO3/c1-10(21)13(20(14(22)23)15(2,3)4)9-11-5-7-12(8-6-11)16(17,18)19/h5-8,10,13,21H,9H2,1-4H3,(H,22,23)/t10-,13+/m1/s1. The van der Waals surface area contributed by atoms with Crippen molar-refractivity contribution in [2.24, 2.45) is 0 Å². The van der Waals surface area contributed by atoms with E-state index in [0.717, 1.165) is 17.0 Å². The Labute approximate surface area is 133 Å². The molecule has 0 bridgehead atoms. The maximum atomic E-state index is 12.6. The second-order valence-electron chi connectivity index (χ2n) is 6.53. The van der Waals surface area contributed by atoms with E-state index >= 15 is 0 Å². The minimum atomic E-state index is -4.42. The maximum Gasteiger partial charge on any atom is 0.416 e. The van der Waals surface area contributed by atoms with Crippen LogP contribution in [0.15, 0.2) is 24.3 Å². The summed E-state index contributed by atoms with van der Waals surface area (Å²) in [5.74, 6) is 0. The summed E-state index contributed by atoms with van der Waals surface area (Å²) in [7, 11) is 0. The number of benzene rings is 1. The Morgan fingerprint density at radius 1 is 1.17 bits per heavy atom. The molecule has 0 unspecified atom stereocenters. The lowest BCUT2D eigenvalue weighted by Gasteiger charge is -2.41. The number of alkyl halides is 3. The van der Waals surface area contributed by atoms with Gasteiger partial charge in [-0.15, -0.1) is 0 Å². The van der Waals surface area contributed by atoms with E-state index < -0.39 is 35.5 Å². The molecular formula is C16H22F3NO3. The molecule has 1 aromatic rings. The first-order chi connectivity index (χ1) is 10.3. The van der Waals surface area contributed by atoms with Gasteiger partial charge in [-0.25, -0.2) is 4.79 Å². The van der Waals surface area contributed by atoms with Crippen molar-refractivity contribution in [2.45, 2.75) is 58.0 Å². The Morgan fingerprint density at radius 3 is 1.96 bits per heavy atom. The van der Waals surface area contributed by atoms with Gasteiger partial charge in [0.25, 0.3) is 0 Å². The van der Waals surface area contributed by atoms with Gasteiger partial charge in [0.1, 0.15) is 0 Å². The van der Waals surface area contributed by atoms with Crippen molar-refractivity contribution < 1.29 is 28.2 Å². The fourth-order valence-corrected chi connectivity index (χ4v) is 2.48. The van der Waals surface area contributed by atoms with Gasteiger partial charge in [-0.1, -0.05) is 12.1 Å². The largest absolute Gasteiger partial charge is 0.465 e. The first kappa shape index (κ1) is 19.3. The van der Waals surface area contributed by atoms with Crippen LogP contribution in [0, 0.1) is 0 Å². The van der Waals surface area contributed by atoms with Crippen LogP contribution in [0.1, 0.15) is 38.8 Å². The molecule has 1 aromatic carbocycles. The Bertz CT molecular complexity index is 533. The predicted octanol–water partition coefficient (Wildman–Crippen LogP) is 3.78. The van der Waals surface area contributed by atoms with Crippen molar-refractivity contribution >= 4 is 6.09 Å². The number of aliphatic hydroxyl groups excluding tert-OH is 1. The van der Waals surface area contributed by atoms with Gasteiger partial charge in [0.2, 0.25) is 0 Å². The topological polar surface area (TPSA) is 60.8 Å². The van der Waals surface area contributed by atoms with Crippen LogP contribution in [-0.4, -0.2) is 38.9 Å². The third-order valence-electron chi connectivity index (χ3n) is 3.54. The Morgan fingerprint density at radius 2 is 1.65 bits per heavy atom. The van der Waals surface area contributed by atoms with Gasteiger partial charge in [0.15, 0.2) is 0 Å². The van der Waals surface area contributed by atoms with Crippen LogP contribution in [0.5, 0.6) is 0 Å². The highest BCUT2D eigenvalue weighted by Gasteiger charge is 2.36. The lowest BCUT2D eigenvalue weighted by atomic mass is 9.95. The summed E-state index contributed by atoms with van der Waals surface area (Å²) in [6, 6.07) is 3.76. The number of rotatable bonds is 4. The molecule has 130 valence electrons. The van der Waals surface area contributed by atoms with Crippen LogP contribution >= 0.6 is 0 Å². The van der Waals surface area contributed by atoms with Gasteiger partial charge < -0.3 is 10.2 Å². The fraction of sp³-hybridized carbons (Fsp3) is 0.562. The average Bonchev–Trinajstić information content (AvgIpc) is 2.35. The summed E-state index contributed by atoms with van der Waals surface area (Å²) in [6.45, 7) is 6.56. The van der Waals surface area contributed by atoms with E-state index in [1.807, 2.05) is 0 Å². The number of hydrogen-bond donors (Lipinski definition) is 2. The number of aliphatic hydroxyl groups is 1. The van der Waals surface area contributed by atoms with Crippen LogP contribution in [0.25, 0.3) is 0 Å². The molecule has 0 aliphatic carbocycles. The van der Waals surface area contributed by atoms with Crippen LogP contribution in [0.4, 0.5) is 18.0 Å². The molecule has 0 aliphatic heterocycles. The highest BCUT2D eigenvalue weighted by atomic mass is 19.4. The quantitative estimate of drug-likeness (QED) is 0.881. The molecule has 4 nitrogen and oxygen atoms in total. The molecule has 0 spiro atoms. The van der Waals surface area contributed by atoms with Crippen molar-refractivity contribution in [2.75, 3.05) is 0 Å². The first-order valence-electron chi connectivity index (χ1n) is 7.20. The van der Waals surface area contributed by atoms with Gasteiger partial charge in [-0.05, 0) is 51.8 Å². The van der Waals surface area contributed by atoms with Crippen molar-refractivity contribution in [3.8, 4) is 0 Å². The molecule has 0 fully saturated rings. The zero-order valence-corrected chi connectivity index (χ0v) is 13.6. The zero-order valence-electron chi connectivity index (χ0n) is 13.6. The number of hydrogen-bond acceptors (Lipinski definition) is 2. The lowest BCUT2D eigenvalue weighted by Crippen LogP contribution is -2.55. The van der Waals surface area contributed by atoms with Gasteiger partial charge in [0.05, 0.1) is 17.7 Å². The van der Waals surface area contributed by atoms with Crippen molar-refractivity contribution in [3.05, 3.63) is 35.4 Å². The average molecular weight is 333 g/mol. The molecule has 0 saturated heterocycles. The predicted molar refractivity (Wildman–Crippen MR) is 80.2 cm³/mol. The van der Waals surface area contributed by atoms with Crippen molar-refractivity contribution in [1.29, 1.82) is 0 Å². The molecular weight excluding hydrogens is 311 g/mol. The summed E-state index contributed by atoms with van der Waals surface area (Å²) >= 11 is 0. The monoisotopic (exact) mass is 333 g/mol. The summed E-state index contributed by atoms with van der Waals surface area (Å²) < 4.78 is 37.7. The smallest absolute Gasteiger partial charge is 0.416 e. The lowest BCUT2D eigenvalue weighted by molar-refractivity contribution is -0.137. The molecule has 23 heavy (non-hydrogen) atoms. The summed E-state index contributed by atoms with van der Waals surface area (Å²) in [6.07, 6.45) is -6.44. The van der Waals surface area contributed by atoms with E-state index in [9.17, 15) is 28.2 Å². The van der Waals surface area contributed by atoms with Gasteiger partial charge in [-0.2, -0.15) is 13.2 Å². The number of amides is 1. The second-order valence-corrected chi connectivity index (χ2v) is 6.53. The number of halogens is 3. The molecule has 7 heteroatoms. The van der Waals surface area contributed by atoms with E-state index in [2.05, 4.69) is 0 Å². The zero-order chi connectivity index (χ0) is 18.0. The first-order valence-corrected chi connectivity index (χ1v) is 7.20. The maximum absolute atomic E-state index is 12.6. The minimum Gasteiger partial charge on any atom is -0.465 e. The number of carboxylic acid groups (broad SMARTS) is 1. The summed E-state index contributed by atoms with van der Waals surface area (Å²) in [5, 5.41) is 19.4. The van der Waals surface area contributed by atoms with Crippen LogP contribution in [0.3, 0.4) is 0 Å². The molecule has 1 rings (SSSR count). The summed E-state index contributed by atoms with van der Waals surface area (Å²) in [4.78, 5) is 12.7. The molecule has 0 saturated carbocycles. The number of carbonyl (C=O) groups is 1. The molecule has 1 amide bonds. The molecule has 0 heterocycles. The highest BCUT2D eigenvalue weighted by molar-refractivity contribution is 5.66. The fourth-order valence-electron chi connectivity index (χ4n) is 2.48. The van der Waals surface area contributed by atoms with E-state index in [1.165, 1.54) is 19.1 Å². The molecule has 0 aliphatic rings. The molecule has 0 radical (unpaired) electrons. The Balaban J connectivity index is 3.07. The Kier molecular flexibility index (Phi) is 5.69. The van der Waals surface area contributed by atoms with Crippen molar-refractivity contribution in [3.63, 3.8) is 0 Å². The third kappa shape index (κ3) is 5.13. The van der Waals surface area contributed by atoms with Crippen LogP contribution in [-0.2, 0) is 12.6 Å². The highest BCUT2D eigenvalue weighted by Crippen LogP contribution is 2.30. The molecule has 0 aromatic heterocycles. The van der Waals surface area contributed by atoms with Gasteiger partial charge in [-0.3, -0.25) is 4.90 Å².